The molecular formula is C25H22Cl4N2O2. The van der Waals surface area contributed by atoms with Crippen molar-refractivity contribution < 1.29 is 9.53 Å². The van der Waals surface area contributed by atoms with Crippen LogP contribution in [0.4, 0.5) is 0 Å². The molecule has 1 aliphatic rings. The van der Waals surface area contributed by atoms with E-state index in [-0.39, 0.29) is 12.5 Å². The van der Waals surface area contributed by atoms with Crippen molar-refractivity contribution in [2.75, 3.05) is 26.2 Å². The lowest BCUT2D eigenvalue weighted by atomic mass is 10.1. The summed E-state index contributed by atoms with van der Waals surface area (Å²) in [5, 5.41) is 1.87. The molecule has 1 fully saturated rings. The molecule has 172 valence electrons. The number of rotatable bonds is 6. The van der Waals surface area contributed by atoms with Gasteiger partial charge in [0, 0.05) is 48.3 Å². The maximum Gasteiger partial charge on any atom is 0.253 e. The van der Waals surface area contributed by atoms with Crippen molar-refractivity contribution in [2.24, 2.45) is 0 Å². The van der Waals surface area contributed by atoms with Gasteiger partial charge in [0.15, 0.2) is 5.75 Å². The first kappa shape index (κ1) is 24.2. The molecule has 0 spiro atoms. The Bertz CT molecular complexity index is 1110. The van der Waals surface area contributed by atoms with E-state index >= 15 is 0 Å². The van der Waals surface area contributed by atoms with Crippen molar-refractivity contribution in [3.8, 4) is 5.75 Å². The van der Waals surface area contributed by atoms with Crippen LogP contribution in [-0.2, 0) is 13.2 Å². The monoisotopic (exact) mass is 522 g/mol. The Labute approximate surface area is 213 Å². The molecule has 1 heterocycles. The topological polar surface area (TPSA) is 32.8 Å². The van der Waals surface area contributed by atoms with Crippen molar-refractivity contribution in [2.45, 2.75) is 13.2 Å². The van der Waals surface area contributed by atoms with Crippen LogP contribution in [0.3, 0.4) is 0 Å². The highest BCUT2D eigenvalue weighted by Gasteiger charge is 2.22. The predicted molar refractivity (Wildman–Crippen MR) is 135 cm³/mol. The second-order valence-electron chi connectivity index (χ2n) is 7.88. The minimum atomic E-state index is 0.0190. The molecule has 33 heavy (non-hydrogen) atoms. The fourth-order valence-corrected chi connectivity index (χ4v) is 4.81. The summed E-state index contributed by atoms with van der Waals surface area (Å²) >= 11 is 24.3. The molecule has 0 radical (unpaired) electrons. The zero-order chi connectivity index (χ0) is 23.4. The van der Waals surface area contributed by atoms with Crippen LogP contribution in [-0.4, -0.2) is 41.9 Å². The molecule has 4 nitrogen and oxygen atoms in total. The van der Waals surface area contributed by atoms with Crippen molar-refractivity contribution in [3.63, 3.8) is 0 Å². The van der Waals surface area contributed by atoms with Gasteiger partial charge in [0.05, 0.1) is 10.0 Å². The van der Waals surface area contributed by atoms with Crippen LogP contribution < -0.4 is 4.74 Å². The zero-order valence-corrected chi connectivity index (χ0v) is 20.8. The van der Waals surface area contributed by atoms with Crippen molar-refractivity contribution >= 4 is 52.3 Å². The van der Waals surface area contributed by atoms with E-state index < -0.39 is 0 Å². The Kier molecular flexibility index (Phi) is 8.05. The largest absolute Gasteiger partial charge is 0.486 e. The Morgan fingerprint density at radius 2 is 1.45 bits per heavy atom. The van der Waals surface area contributed by atoms with E-state index in [4.69, 9.17) is 51.1 Å². The lowest BCUT2D eigenvalue weighted by molar-refractivity contribution is 0.0628. The first-order valence-corrected chi connectivity index (χ1v) is 12.0. The number of carbonyl (C=O) groups is 1. The van der Waals surface area contributed by atoms with E-state index in [9.17, 15) is 4.79 Å². The highest BCUT2D eigenvalue weighted by atomic mass is 35.5. The average Bonchev–Trinajstić information content (AvgIpc) is 2.80. The third-order valence-electron chi connectivity index (χ3n) is 5.50. The molecule has 0 N–H and O–H groups in total. The van der Waals surface area contributed by atoms with Crippen molar-refractivity contribution in [1.82, 2.24) is 9.80 Å². The Morgan fingerprint density at radius 3 is 2.12 bits per heavy atom. The molecule has 0 saturated carbocycles. The van der Waals surface area contributed by atoms with Crippen LogP contribution in [0.2, 0.25) is 20.1 Å². The SMILES string of the molecule is O=C(c1cccc(COc2c(Cl)cc(Cl)cc2Cl)c1)N1CCN(Cc2ccc(Cl)cc2)CC1. The van der Waals surface area contributed by atoms with E-state index in [0.29, 0.717) is 39.5 Å². The third kappa shape index (κ3) is 6.34. The number of hydrogen-bond donors (Lipinski definition) is 0. The van der Waals surface area contributed by atoms with E-state index in [1.807, 2.05) is 53.4 Å². The van der Waals surface area contributed by atoms with Gasteiger partial charge in [0.25, 0.3) is 5.91 Å². The van der Waals surface area contributed by atoms with Crippen molar-refractivity contribution in [3.05, 3.63) is 97.4 Å². The van der Waals surface area contributed by atoms with Crippen LogP contribution in [0.25, 0.3) is 0 Å². The maximum atomic E-state index is 13.1. The average molecular weight is 524 g/mol. The number of amides is 1. The molecule has 3 aromatic rings. The number of piperazine rings is 1. The molecule has 1 saturated heterocycles. The lowest BCUT2D eigenvalue weighted by Crippen LogP contribution is -2.48. The number of halogens is 4. The summed E-state index contributed by atoms with van der Waals surface area (Å²) in [6.07, 6.45) is 0. The minimum absolute atomic E-state index is 0.0190. The number of nitrogens with zero attached hydrogens (tertiary/aromatic N) is 2. The van der Waals surface area contributed by atoms with E-state index in [1.54, 1.807) is 12.1 Å². The Morgan fingerprint density at radius 1 is 0.788 bits per heavy atom. The summed E-state index contributed by atoms with van der Waals surface area (Å²) in [5.41, 5.74) is 2.70. The molecule has 0 aromatic heterocycles. The first-order valence-electron chi connectivity index (χ1n) is 10.5. The van der Waals surface area contributed by atoms with Crippen LogP contribution >= 0.6 is 46.4 Å². The summed E-state index contributed by atoms with van der Waals surface area (Å²) in [6, 6.07) is 18.5. The number of ether oxygens (including phenoxy) is 1. The summed E-state index contributed by atoms with van der Waals surface area (Å²) < 4.78 is 5.80. The van der Waals surface area contributed by atoms with Crippen LogP contribution in [0.5, 0.6) is 5.75 Å². The molecule has 0 bridgehead atoms. The summed E-state index contributed by atoms with van der Waals surface area (Å²) in [7, 11) is 0. The fraction of sp³-hybridized carbons (Fsp3) is 0.240. The summed E-state index contributed by atoms with van der Waals surface area (Å²) in [6.45, 7) is 4.10. The molecule has 8 heteroatoms. The van der Waals surface area contributed by atoms with Gasteiger partial charge in [-0.15, -0.1) is 0 Å². The van der Waals surface area contributed by atoms with Gasteiger partial charge in [-0.3, -0.25) is 9.69 Å². The van der Waals surface area contributed by atoms with E-state index in [2.05, 4.69) is 4.90 Å². The van der Waals surface area contributed by atoms with Crippen molar-refractivity contribution in [1.29, 1.82) is 0 Å². The summed E-state index contributed by atoms with van der Waals surface area (Å²) in [5.74, 6) is 0.391. The van der Waals surface area contributed by atoms with Gasteiger partial charge in [-0.1, -0.05) is 70.7 Å². The first-order chi connectivity index (χ1) is 15.9. The molecule has 1 aliphatic heterocycles. The molecule has 0 unspecified atom stereocenters. The molecule has 0 atom stereocenters. The standard InChI is InChI=1S/C25H22Cl4N2O2/c26-20-6-4-17(5-7-20)15-30-8-10-31(11-9-30)25(32)19-3-1-2-18(12-19)16-33-24-22(28)13-21(27)14-23(24)29/h1-7,12-14H,8-11,15-16H2. The molecule has 4 rings (SSSR count). The Hall–Kier alpha value is -1.95. The van der Waals surface area contributed by atoms with E-state index in [1.165, 1.54) is 5.56 Å². The quantitative estimate of drug-likeness (QED) is 0.354. The molecular weight excluding hydrogens is 502 g/mol. The van der Waals surface area contributed by atoms with Crippen LogP contribution in [0.15, 0.2) is 60.7 Å². The van der Waals surface area contributed by atoms with Crippen LogP contribution in [0.1, 0.15) is 21.5 Å². The number of hydrogen-bond acceptors (Lipinski definition) is 3. The fourth-order valence-electron chi connectivity index (χ4n) is 3.76. The number of benzene rings is 3. The van der Waals surface area contributed by atoms with Gasteiger partial charge < -0.3 is 9.64 Å². The van der Waals surface area contributed by atoms with Gasteiger partial charge in [0.1, 0.15) is 6.61 Å². The van der Waals surface area contributed by atoms with Gasteiger partial charge >= 0.3 is 0 Å². The Balaban J connectivity index is 1.34. The highest BCUT2D eigenvalue weighted by Crippen LogP contribution is 2.36. The van der Waals surface area contributed by atoms with Gasteiger partial charge in [-0.2, -0.15) is 0 Å². The predicted octanol–water partition coefficient (Wildman–Crippen LogP) is 6.84. The molecule has 3 aromatic carbocycles. The normalized spacial score (nSPS) is 14.4. The zero-order valence-electron chi connectivity index (χ0n) is 17.7. The molecule has 0 aliphatic carbocycles. The smallest absolute Gasteiger partial charge is 0.253 e. The van der Waals surface area contributed by atoms with Gasteiger partial charge in [0.2, 0.25) is 0 Å². The second kappa shape index (κ2) is 11.0. The highest BCUT2D eigenvalue weighted by molar-refractivity contribution is 6.40. The number of carbonyl (C=O) groups excluding carboxylic acids is 1. The summed E-state index contributed by atoms with van der Waals surface area (Å²) in [4.78, 5) is 17.3. The third-order valence-corrected chi connectivity index (χ3v) is 6.53. The van der Waals surface area contributed by atoms with Crippen LogP contribution in [0, 0.1) is 0 Å². The van der Waals surface area contributed by atoms with E-state index in [0.717, 1.165) is 30.2 Å². The maximum absolute atomic E-state index is 13.1. The molecule has 1 amide bonds. The van der Waals surface area contributed by atoms with Gasteiger partial charge in [-0.25, -0.2) is 0 Å². The minimum Gasteiger partial charge on any atom is -0.486 e. The lowest BCUT2D eigenvalue weighted by Gasteiger charge is -2.34. The van der Waals surface area contributed by atoms with Gasteiger partial charge in [-0.05, 0) is 47.5 Å². The second-order valence-corrected chi connectivity index (χ2v) is 9.57.